The summed E-state index contributed by atoms with van der Waals surface area (Å²) in [7, 11) is 0. The zero-order valence-electron chi connectivity index (χ0n) is 26.9. The van der Waals surface area contributed by atoms with Gasteiger partial charge in [0.1, 0.15) is 0 Å². The second-order valence-corrected chi connectivity index (χ2v) is 13.5. The number of aromatic nitrogens is 4. The van der Waals surface area contributed by atoms with E-state index in [-0.39, 0.29) is 0 Å². The van der Waals surface area contributed by atoms with Crippen LogP contribution in [0, 0.1) is 0 Å². The molecule has 234 valence electrons. The zero-order valence-corrected chi connectivity index (χ0v) is 27.7. The molecule has 5 heteroatoms. The van der Waals surface area contributed by atoms with Crippen LogP contribution < -0.4 is 0 Å². The van der Waals surface area contributed by atoms with Crippen molar-refractivity contribution < 1.29 is 0 Å². The lowest BCUT2D eigenvalue weighted by Crippen LogP contribution is -2.00. The summed E-state index contributed by atoms with van der Waals surface area (Å²) in [6.45, 7) is 0. The first-order chi connectivity index (χ1) is 24.8. The average molecular weight is 657 g/mol. The van der Waals surface area contributed by atoms with Crippen LogP contribution in [-0.2, 0) is 0 Å². The quantitative estimate of drug-likeness (QED) is 0.185. The van der Waals surface area contributed by atoms with Gasteiger partial charge in [0, 0.05) is 53.3 Å². The molecule has 0 saturated carbocycles. The molecule has 0 aliphatic carbocycles. The molecule has 3 aromatic heterocycles. The molecule has 7 aromatic carbocycles. The molecule has 0 fully saturated rings. The van der Waals surface area contributed by atoms with Crippen LogP contribution in [0.1, 0.15) is 0 Å². The molecule has 0 saturated heterocycles. The molecule has 0 atom stereocenters. The van der Waals surface area contributed by atoms with Crippen molar-refractivity contribution in [3.05, 3.63) is 170 Å². The number of benzene rings is 7. The molecule has 0 aliphatic rings. The maximum absolute atomic E-state index is 5.02. The lowest BCUT2D eigenvalue weighted by Gasteiger charge is -2.10. The van der Waals surface area contributed by atoms with Crippen molar-refractivity contribution in [1.82, 2.24) is 19.5 Å². The summed E-state index contributed by atoms with van der Waals surface area (Å²) in [5, 5.41) is 4.94. The van der Waals surface area contributed by atoms with Crippen LogP contribution in [0.15, 0.2) is 170 Å². The second kappa shape index (κ2) is 11.6. The predicted octanol–water partition coefficient (Wildman–Crippen LogP) is 12.0. The van der Waals surface area contributed by atoms with E-state index in [2.05, 4.69) is 114 Å². The Morgan fingerprint density at radius 1 is 0.380 bits per heavy atom. The van der Waals surface area contributed by atoms with Crippen LogP contribution in [0.25, 0.3) is 93.0 Å². The number of thiophene rings is 1. The molecule has 0 amide bonds. The van der Waals surface area contributed by atoms with Crippen molar-refractivity contribution in [1.29, 1.82) is 0 Å². The Kier molecular flexibility index (Phi) is 6.64. The number of hydrogen-bond donors (Lipinski definition) is 0. The van der Waals surface area contributed by atoms with Crippen molar-refractivity contribution in [2.75, 3.05) is 0 Å². The minimum atomic E-state index is 0.659. The Balaban J connectivity index is 1.16. The van der Waals surface area contributed by atoms with E-state index in [1.54, 1.807) is 0 Å². The fraction of sp³-hybridized carbons (Fsp3) is 0. The highest BCUT2D eigenvalue weighted by Gasteiger charge is 2.18. The van der Waals surface area contributed by atoms with Crippen LogP contribution >= 0.6 is 11.3 Å². The van der Waals surface area contributed by atoms with Gasteiger partial charge in [0.25, 0.3) is 0 Å². The van der Waals surface area contributed by atoms with Gasteiger partial charge in [0.2, 0.25) is 0 Å². The average Bonchev–Trinajstić information content (AvgIpc) is 3.74. The van der Waals surface area contributed by atoms with E-state index in [1.165, 1.54) is 53.1 Å². The van der Waals surface area contributed by atoms with Gasteiger partial charge in [0.15, 0.2) is 17.5 Å². The van der Waals surface area contributed by atoms with Gasteiger partial charge >= 0.3 is 0 Å². The Morgan fingerprint density at radius 3 is 1.68 bits per heavy atom. The van der Waals surface area contributed by atoms with Gasteiger partial charge in [0.05, 0.1) is 11.0 Å². The smallest absolute Gasteiger partial charge is 0.164 e. The summed E-state index contributed by atoms with van der Waals surface area (Å²) in [4.78, 5) is 14.9. The molecule has 0 aliphatic heterocycles. The summed E-state index contributed by atoms with van der Waals surface area (Å²) in [5.74, 6) is 1.98. The standard InChI is InChI=1S/C45H28N4S/c1-4-13-29(14-5-1)43-46-44(30-15-6-2-7-16-30)48-45(47-43)32-24-26-40-37(28-32)42-34(20-12-22-41(42)50-40)31-23-25-39-36(27-31)35-19-10-11-21-38(35)49(39)33-17-8-3-9-18-33/h1-28H. The number of para-hydroxylation sites is 2. The highest BCUT2D eigenvalue weighted by molar-refractivity contribution is 7.26. The van der Waals surface area contributed by atoms with E-state index in [4.69, 9.17) is 15.0 Å². The van der Waals surface area contributed by atoms with Crippen LogP contribution in [-0.4, -0.2) is 19.5 Å². The summed E-state index contributed by atoms with van der Waals surface area (Å²) < 4.78 is 4.86. The molecule has 0 spiro atoms. The summed E-state index contributed by atoms with van der Waals surface area (Å²) in [6.07, 6.45) is 0. The second-order valence-electron chi connectivity index (χ2n) is 12.5. The third kappa shape index (κ3) is 4.71. The van der Waals surface area contributed by atoms with Crippen LogP contribution in [0.2, 0.25) is 0 Å². The van der Waals surface area contributed by atoms with E-state index in [9.17, 15) is 0 Å². The SMILES string of the molecule is c1ccc(-c2nc(-c3ccccc3)nc(-c3ccc4sc5cccc(-c6ccc7c(c6)c6ccccc6n7-c6ccccc6)c5c4c3)n2)cc1. The lowest BCUT2D eigenvalue weighted by atomic mass is 9.97. The van der Waals surface area contributed by atoms with E-state index >= 15 is 0 Å². The van der Waals surface area contributed by atoms with Crippen molar-refractivity contribution in [2.45, 2.75) is 0 Å². The fourth-order valence-corrected chi connectivity index (χ4v) is 8.25. The van der Waals surface area contributed by atoms with Gasteiger partial charge in [-0.15, -0.1) is 11.3 Å². The van der Waals surface area contributed by atoms with E-state index in [1.807, 2.05) is 72.0 Å². The highest BCUT2D eigenvalue weighted by Crippen LogP contribution is 2.43. The first-order valence-electron chi connectivity index (χ1n) is 16.7. The molecule has 10 rings (SSSR count). The van der Waals surface area contributed by atoms with E-state index in [0.717, 1.165) is 22.4 Å². The molecular formula is C45H28N4S. The maximum Gasteiger partial charge on any atom is 0.164 e. The number of fused-ring (bicyclic) bond motifs is 6. The van der Waals surface area contributed by atoms with Gasteiger partial charge in [-0.05, 0) is 65.7 Å². The van der Waals surface area contributed by atoms with Crippen molar-refractivity contribution >= 4 is 53.3 Å². The van der Waals surface area contributed by atoms with Gasteiger partial charge in [-0.3, -0.25) is 0 Å². The molecule has 4 nitrogen and oxygen atoms in total. The fourth-order valence-electron chi connectivity index (χ4n) is 7.14. The summed E-state index contributed by atoms with van der Waals surface area (Å²) in [6, 6.07) is 59.8. The Morgan fingerprint density at radius 2 is 0.960 bits per heavy atom. The Bertz CT molecular complexity index is 2800. The van der Waals surface area contributed by atoms with Crippen molar-refractivity contribution in [3.8, 4) is 51.0 Å². The molecule has 10 aromatic rings. The normalized spacial score (nSPS) is 11.6. The molecular weight excluding hydrogens is 629 g/mol. The lowest BCUT2D eigenvalue weighted by molar-refractivity contribution is 1.07. The predicted molar refractivity (Wildman–Crippen MR) is 209 cm³/mol. The zero-order chi connectivity index (χ0) is 33.0. The first-order valence-corrected chi connectivity index (χ1v) is 17.5. The molecule has 0 radical (unpaired) electrons. The minimum absolute atomic E-state index is 0.659. The number of rotatable bonds is 5. The van der Waals surface area contributed by atoms with Crippen molar-refractivity contribution in [2.24, 2.45) is 0 Å². The van der Waals surface area contributed by atoms with E-state index in [0.29, 0.717) is 17.5 Å². The summed E-state index contributed by atoms with van der Waals surface area (Å²) >= 11 is 1.82. The van der Waals surface area contributed by atoms with Crippen LogP contribution in [0.5, 0.6) is 0 Å². The molecule has 50 heavy (non-hydrogen) atoms. The minimum Gasteiger partial charge on any atom is -0.309 e. The maximum atomic E-state index is 5.02. The van der Waals surface area contributed by atoms with Crippen LogP contribution in [0.3, 0.4) is 0 Å². The highest BCUT2D eigenvalue weighted by atomic mass is 32.1. The number of nitrogens with zero attached hydrogens (tertiary/aromatic N) is 4. The molecule has 0 N–H and O–H groups in total. The van der Waals surface area contributed by atoms with Gasteiger partial charge in [-0.2, -0.15) is 0 Å². The van der Waals surface area contributed by atoms with Gasteiger partial charge < -0.3 is 4.57 Å². The van der Waals surface area contributed by atoms with E-state index < -0.39 is 0 Å². The largest absolute Gasteiger partial charge is 0.309 e. The molecule has 3 heterocycles. The van der Waals surface area contributed by atoms with Crippen LogP contribution in [0.4, 0.5) is 0 Å². The van der Waals surface area contributed by atoms with Crippen molar-refractivity contribution in [3.63, 3.8) is 0 Å². The monoisotopic (exact) mass is 656 g/mol. The first kappa shape index (κ1) is 28.6. The third-order valence-corrected chi connectivity index (χ3v) is 10.6. The van der Waals surface area contributed by atoms with Gasteiger partial charge in [-0.1, -0.05) is 115 Å². The Labute approximate surface area is 292 Å². The van der Waals surface area contributed by atoms with Gasteiger partial charge in [-0.25, -0.2) is 15.0 Å². The number of hydrogen-bond acceptors (Lipinski definition) is 4. The Hall–Kier alpha value is -6.43. The molecule has 0 unspecified atom stereocenters. The third-order valence-electron chi connectivity index (χ3n) is 9.45. The molecule has 0 bridgehead atoms. The summed E-state index contributed by atoms with van der Waals surface area (Å²) in [5.41, 5.74) is 8.86. The topological polar surface area (TPSA) is 43.6 Å².